The molecule has 0 bridgehead atoms. The van der Waals surface area contributed by atoms with Crippen molar-refractivity contribution in [3.05, 3.63) is 40.3 Å². The molecule has 2 heterocycles. The number of nitrogens with two attached hydrogens (primary N) is 1. The molecule has 1 aromatic carbocycles. The van der Waals surface area contributed by atoms with Crippen LogP contribution in [0.5, 0.6) is 5.88 Å². The topological polar surface area (TPSA) is 93.9 Å². The Bertz CT molecular complexity index is 907. The van der Waals surface area contributed by atoms with Crippen LogP contribution in [0.1, 0.15) is 12.1 Å². The minimum atomic E-state index is -0.378. The predicted molar refractivity (Wildman–Crippen MR) is 93.4 cm³/mol. The summed E-state index contributed by atoms with van der Waals surface area (Å²) < 4.78 is 5.00. The summed E-state index contributed by atoms with van der Waals surface area (Å²) in [6.45, 7) is 0. The number of carbonyl (C=O) groups excluding carboxylic acids is 1. The van der Waals surface area contributed by atoms with Crippen LogP contribution in [-0.2, 0) is 11.2 Å². The zero-order chi connectivity index (χ0) is 17.3. The number of hydrogen-bond acceptors (Lipinski definition) is 4. The Morgan fingerprint density at radius 2 is 2.08 bits per heavy atom. The Kier molecular flexibility index (Phi) is 4.59. The molecule has 0 saturated carbocycles. The molecule has 6 nitrogen and oxygen atoms in total. The van der Waals surface area contributed by atoms with Gasteiger partial charge in [-0.25, -0.2) is 9.97 Å². The van der Waals surface area contributed by atoms with Gasteiger partial charge in [-0.1, -0.05) is 23.2 Å². The molecule has 0 fully saturated rings. The summed E-state index contributed by atoms with van der Waals surface area (Å²) in [5.74, 6) is 0.0459. The van der Waals surface area contributed by atoms with Gasteiger partial charge in [0.2, 0.25) is 11.8 Å². The zero-order valence-corrected chi connectivity index (χ0v) is 14.3. The lowest BCUT2D eigenvalue weighted by atomic mass is 10.1. The molecule has 0 radical (unpaired) electrons. The van der Waals surface area contributed by atoms with Gasteiger partial charge in [-0.05, 0) is 18.6 Å². The van der Waals surface area contributed by atoms with E-state index in [-0.39, 0.29) is 12.3 Å². The highest BCUT2D eigenvalue weighted by Gasteiger charge is 2.15. The van der Waals surface area contributed by atoms with E-state index >= 15 is 0 Å². The summed E-state index contributed by atoms with van der Waals surface area (Å²) in [5, 5.41) is 1.83. The minimum Gasteiger partial charge on any atom is -0.480 e. The van der Waals surface area contributed by atoms with Crippen molar-refractivity contribution in [2.24, 2.45) is 5.73 Å². The van der Waals surface area contributed by atoms with E-state index in [0.29, 0.717) is 28.0 Å². The fraction of sp³-hybridized carbons (Fsp3) is 0.188. The summed E-state index contributed by atoms with van der Waals surface area (Å²) in [7, 11) is 1.53. The number of rotatable bonds is 5. The van der Waals surface area contributed by atoms with Crippen LogP contribution in [0.4, 0.5) is 0 Å². The molecular formula is C16H14Cl2N4O2. The van der Waals surface area contributed by atoms with Gasteiger partial charge in [0.25, 0.3) is 0 Å². The highest BCUT2D eigenvalue weighted by molar-refractivity contribution is 6.38. The van der Waals surface area contributed by atoms with Crippen LogP contribution >= 0.6 is 23.2 Å². The van der Waals surface area contributed by atoms with Gasteiger partial charge in [-0.15, -0.1) is 0 Å². The molecule has 3 rings (SSSR count). The van der Waals surface area contributed by atoms with Crippen LogP contribution in [0.25, 0.3) is 22.2 Å². The Morgan fingerprint density at radius 1 is 1.29 bits per heavy atom. The second kappa shape index (κ2) is 6.67. The van der Waals surface area contributed by atoms with Crippen molar-refractivity contribution in [2.75, 3.05) is 7.11 Å². The van der Waals surface area contributed by atoms with Gasteiger partial charge in [-0.3, -0.25) is 4.79 Å². The monoisotopic (exact) mass is 364 g/mol. The first-order chi connectivity index (χ1) is 11.5. The normalized spacial score (nSPS) is 11.0. The number of ether oxygens (including phenoxy) is 1. The average molecular weight is 365 g/mol. The lowest BCUT2D eigenvalue weighted by Crippen LogP contribution is -2.11. The molecule has 0 aliphatic rings. The number of H-pyrrole nitrogens is 1. The number of primary amides is 1. The molecule has 0 aliphatic heterocycles. The number of methoxy groups -OCH3 is 1. The predicted octanol–water partition coefficient (Wildman–Crippen LogP) is 3.36. The maximum Gasteiger partial charge on any atom is 0.232 e. The third-order valence-electron chi connectivity index (χ3n) is 3.63. The summed E-state index contributed by atoms with van der Waals surface area (Å²) in [6, 6.07) is 3.62. The van der Waals surface area contributed by atoms with Crippen molar-refractivity contribution in [1.82, 2.24) is 15.0 Å². The van der Waals surface area contributed by atoms with Gasteiger partial charge >= 0.3 is 0 Å². The van der Waals surface area contributed by atoms with Crippen LogP contribution in [0.15, 0.2) is 24.5 Å². The standard InChI is InChI=1S/C16H14Cl2N4O2/c1-24-15-7-20-13(6-21-15)8-5-12-9(4-10(8)17)16(18)11(22-12)2-3-14(19)23/h4-7,22H,2-3H2,1H3,(H2,19,23). The van der Waals surface area contributed by atoms with Crippen molar-refractivity contribution in [1.29, 1.82) is 0 Å². The smallest absolute Gasteiger partial charge is 0.232 e. The number of aromatic amines is 1. The molecule has 0 saturated heterocycles. The summed E-state index contributed by atoms with van der Waals surface area (Å²) >= 11 is 12.7. The highest BCUT2D eigenvalue weighted by atomic mass is 35.5. The van der Waals surface area contributed by atoms with E-state index in [1.165, 1.54) is 13.3 Å². The van der Waals surface area contributed by atoms with Crippen LogP contribution in [0.2, 0.25) is 10.0 Å². The third kappa shape index (κ3) is 3.16. The molecule has 3 aromatic rings. The van der Waals surface area contributed by atoms with Gasteiger partial charge < -0.3 is 15.5 Å². The molecule has 3 N–H and O–H groups in total. The van der Waals surface area contributed by atoms with Crippen molar-refractivity contribution in [3.63, 3.8) is 0 Å². The molecular weight excluding hydrogens is 351 g/mol. The van der Waals surface area contributed by atoms with Crippen LogP contribution in [0, 0.1) is 0 Å². The summed E-state index contributed by atoms with van der Waals surface area (Å²) in [5.41, 5.74) is 8.08. The van der Waals surface area contributed by atoms with Crippen molar-refractivity contribution in [3.8, 4) is 17.1 Å². The Labute approximate surface area is 147 Å². The van der Waals surface area contributed by atoms with Crippen molar-refractivity contribution < 1.29 is 9.53 Å². The highest BCUT2D eigenvalue weighted by Crippen LogP contribution is 2.36. The number of nitrogens with zero attached hydrogens (tertiary/aromatic N) is 2. The van der Waals surface area contributed by atoms with Crippen LogP contribution < -0.4 is 10.5 Å². The van der Waals surface area contributed by atoms with E-state index in [9.17, 15) is 4.79 Å². The third-order valence-corrected chi connectivity index (χ3v) is 4.37. The Balaban J connectivity index is 2.03. The number of fused-ring (bicyclic) bond motifs is 1. The van der Waals surface area contributed by atoms with E-state index in [0.717, 1.165) is 22.2 Å². The number of benzene rings is 1. The van der Waals surface area contributed by atoms with E-state index < -0.39 is 0 Å². The van der Waals surface area contributed by atoms with Gasteiger partial charge in [0.1, 0.15) is 0 Å². The molecule has 0 aliphatic carbocycles. The molecule has 1 amide bonds. The largest absolute Gasteiger partial charge is 0.480 e. The molecule has 124 valence electrons. The number of aromatic nitrogens is 3. The number of nitrogens with one attached hydrogen (secondary N) is 1. The second-order valence-electron chi connectivity index (χ2n) is 5.21. The quantitative estimate of drug-likeness (QED) is 0.725. The lowest BCUT2D eigenvalue weighted by molar-refractivity contribution is -0.118. The summed E-state index contributed by atoms with van der Waals surface area (Å²) in [6.07, 6.45) is 3.77. The van der Waals surface area contributed by atoms with Crippen LogP contribution in [-0.4, -0.2) is 28.0 Å². The Hall–Kier alpha value is -2.31. The number of carbonyl (C=O) groups is 1. The first-order valence-electron chi connectivity index (χ1n) is 7.14. The second-order valence-corrected chi connectivity index (χ2v) is 5.99. The molecule has 0 unspecified atom stereocenters. The molecule has 24 heavy (non-hydrogen) atoms. The number of halogens is 2. The minimum absolute atomic E-state index is 0.219. The molecule has 0 atom stereocenters. The van der Waals surface area contributed by atoms with Crippen LogP contribution in [0.3, 0.4) is 0 Å². The fourth-order valence-corrected chi connectivity index (χ4v) is 2.97. The SMILES string of the molecule is COc1cnc(-c2cc3[nH]c(CCC(N)=O)c(Cl)c3cc2Cl)cn1. The number of hydrogen-bond donors (Lipinski definition) is 2. The summed E-state index contributed by atoms with van der Waals surface area (Å²) in [4.78, 5) is 22.6. The van der Waals surface area contributed by atoms with Crippen molar-refractivity contribution in [2.45, 2.75) is 12.8 Å². The Morgan fingerprint density at radius 3 is 2.71 bits per heavy atom. The first kappa shape index (κ1) is 16.5. The maximum atomic E-state index is 11.0. The first-order valence-corrected chi connectivity index (χ1v) is 7.89. The average Bonchev–Trinajstić information content (AvgIpc) is 2.88. The van der Waals surface area contributed by atoms with Crippen molar-refractivity contribution >= 4 is 40.0 Å². The van der Waals surface area contributed by atoms with Gasteiger partial charge in [0.15, 0.2) is 0 Å². The van der Waals surface area contributed by atoms with E-state index in [2.05, 4.69) is 15.0 Å². The maximum absolute atomic E-state index is 11.0. The van der Waals surface area contributed by atoms with E-state index in [1.807, 2.05) is 6.07 Å². The lowest BCUT2D eigenvalue weighted by Gasteiger charge is -2.05. The number of amides is 1. The van der Waals surface area contributed by atoms with E-state index in [4.69, 9.17) is 33.7 Å². The zero-order valence-electron chi connectivity index (χ0n) is 12.8. The molecule has 2 aromatic heterocycles. The van der Waals surface area contributed by atoms with E-state index in [1.54, 1.807) is 12.3 Å². The van der Waals surface area contributed by atoms with Gasteiger partial charge in [0.05, 0.1) is 35.2 Å². The van der Waals surface area contributed by atoms with Gasteiger partial charge in [0, 0.05) is 28.6 Å². The number of aryl methyl sites for hydroxylation is 1. The molecule has 8 heteroatoms. The van der Waals surface area contributed by atoms with Gasteiger partial charge in [-0.2, -0.15) is 0 Å². The fourth-order valence-electron chi connectivity index (χ4n) is 2.42. The molecule has 0 spiro atoms.